The number of hydrogen-bond donors (Lipinski definition) is 1. The van der Waals surface area contributed by atoms with Crippen LogP contribution >= 0.6 is 0 Å². The van der Waals surface area contributed by atoms with Crippen molar-refractivity contribution >= 4 is 0 Å². The fourth-order valence-electron chi connectivity index (χ4n) is 4.25. The third-order valence-corrected chi connectivity index (χ3v) is 5.87. The molecule has 0 spiro atoms. The number of benzene rings is 1. The van der Waals surface area contributed by atoms with Gasteiger partial charge in [0.25, 0.3) is 0 Å². The van der Waals surface area contributed by atoms with Crippen LogP contribution in [0, 0.1) is 0 Å². The zero-order valence-electron chi connectivity index (χ0n) is 16.5. The molecule has 4 rings (SSSR count). The molecule has 0 radical (unpaired) electrons. The van der Waals surface area contributed by atoms with Crippen LogP contribution in [-0.2, 0) is 13.1 Å². The van der Waals surface area contributed by atoms with Crippen LogP contribution in [0.25, 0.3) is 0 Å². The fraction of sp³-hybridized carbons (Fsp3) is 0.455. The molecule has 0 aliphatic heterocycles. The summed E-state index contributed by atoms with van der Waals surface area (Å²) in [4.78, 5) is 5.72. The standard InChI is InChI=1S/C22H28N6/c1-18(22-24-25-26-28(22)21-12-6-3-7-13-21)27(16-19-9-4-2-5-10-19)17-20-11-8-14-23-15-20/h2,4-5,8-11,14-15,18,21H,3,6-7,12-13,16-17H2,1H3/p+1/t18-/m0/s1. The molecule has 1 aliphatic carbocycles. The number of nitrogens with one attached hydrogen (secondary N) is 1. The van der Waals surface area contributed by atoms with E-state index in [1.165, 1.54) is 48.1 Å². The monoisotopic (exact) mass is 377 g/mol. The van der Waals surface area contributed by atoms with Crippen LogP contribution in [0.15, 0.2) is 54.9 Å². The number of aromatic nitrogens is 5. The quantitative estimate of drug-likeness (QED) is 0.688. The molecule has 3 aromatic rings. The molecule has 2 aromatic heterocycles. The molecular weight excluding hydrogens is 348 g/mol. The Morgan fingerprint density at radius 3 is 2.50 bits per heavy atom. The Bertz CT molecular complexity index is 800. The van der Waals surface area contributed by atoms with Gasteiger partial charge in [-0.2, -0.15) is 0 Å². The molecule has 1 unspecified atom stereocenters. The van der Waals surface area contributed by atoms with Gasteiger partial charge < -0.3 is 4.90 Å². The van der Waals surface area contributed by atoms with Gasteiger partial charge >= 0.3 is 0 Å². The van der Waals surface area contributed by atoms with Crippen LogP contribution < -0.4 is 4.90 Å². The molecule has 28 heavy (non-hydrogen) atoms. The van der Waals surface area contributed by atoms with E-state index in [0.717, 1.165) is 18.9 Å². The summed E-state index contributed by atoms with van der Waals surface area (Å²) in [7, 11) is 0. The number of pyridine rings is 1. The number of rotatable bonds is 7. The summed E-state index contributed by atoms with van der Waals surface area (Å²) in [5, 5.41) is 12.9. The zero-order valence-corrected chi connectivity index (χ0v) is 16.5. The smallest absolute Gasteiger partial charge is 0.209 e. The molecule has 146 valence electrons. The minimum Gasteiger partial charge on any atom is -0.319 e. The third-order valence-electron chi connectivity index (χ3n) is 5.87. The summed E-state index contributed by atoms with van der Waals surface area (Å²) in [5.41, 5.74) is 2.56. The summed E-state index contributed by atoms with van der Waals surface area (Å²) in [5.74, 6) is 1.00. The molecule has 6 nitrogen and oxygen atoms in total. The summed E-state index contributed by atoms with van der Waals surface area (Å²) < 4.78 is 2.11. The molecule has 0 bridgehead atoms. The lowest BCUT2D eigenvalue weighted by molar-refractivity contribution is -0.957. The molecule has 1 fully saturated rings. The highest BCUT2D eigenvalue weighted by atomic mass is 15.6. The molecule has 2 atom stereocenters. The molecule has 1 aliphatic rings. The van der Waals surface area contributed by atoms with Crippen molar-refractivity contribution in [2.75, 3.05) is 0 Å². The van der Waals surface area contributed by atoms with Gasteiger partial charge in [-0.3, -0.25) is 4.98 Å². The Kier molecular flexibility index (Phi) is 6.07. The fourth-order valence-corrected chi connectivity index (χ4v) is 4.25. The van der Waals surface area contributed by atoms with Gasteiger partial charge in [-0.1, -0.05) is 55.7 Å². The average Bonchev–Trinajstić information content (AvgIpc) is 3.25. The lowest BCUT2D eigenvalue weighted by Gasteiger charge is -2.28. The molecule has 1 saturated carbocycles. The van der Waals surface area contributed by atoms with Gasteiger partial charge in [0.15, 0.2) is 0 Å². The van der Waals surface area contributed by atoms with Crippen molar-refractivity contribution in [2.24, 2.45) is 0 Å². The van der Waals surface area contributed by atoms with Gasteiger partial charge in [0.2, 0.25) is 5.82 Å². The van der Waals surface area contributed by atoms with E-state index < -0.39 is 0 Å². The maximum atomic E-state index is 4.46. The van der Waals surface area contributed by atoms with E-state index in [4.69, 9.17) is 0 Å². The van der Waals surface area contributed by atoms with Gasteiger partial charge in [-0.25, -0.2) is 4.68 Å². The second kappa shape index (κ2) is 9.06. The van der Waals surface area contributed by atoms with E-state index in [1.807, 2.05) is 18.5 Å². The predicted octanol–water partition coefficient (Wildman–Crippen LogP) is 2.92. The molecule has 0 saturated heterocycles. The maximum Gasteiger partial charge on any atom is 0.209 e. The second-order valence-corrected chi connectivity index (χ2v) is 7.85. The first kappa shape index (κ1) is 18.7. The van der Waals surface area contributed by atoms with Crippen molar-refractivity contribution < 1.29 is 4.90 Å². The second-order valence-electron chi connectivity index (χ2n) is 7.85. The summed E-state index contributed by atoms with van der Waals surface area (Å²) in [6.45, 7) is 4.06. The predicted molar refractivity (Wildman–Crippen MR) is 107 cm³/mol. The molecule has 1 aromatic carbocycles. The van der Waals surface area contributed by atoms with E-state index in [9.17, 15) is 0 Å². The van der Waals surface area contributed by atoms with Crippen molar-refractivity contribution in [2.45, 2.75) is 64.2 Å². The maximum absolute atomic E-state index is 4.46. The van der Waals surface area contributed by atoms with E-state index in [-0.39, 0.29) is 6.04 Å². The van der Waals surface area contributed by atoms with Crippen LogP contribution in [0.4, 0.5) is 0 Å². The van der Waals surface area contributed by atoms with Crippen molar-refractivity contribution in [3.63, 3.8) is 0 Å². The highest BCUT2D eigenvalue weighted by molar-refractivity contribution is 5.13. The van der Waals surface area contributed by atoms with Gasteiger partial charge in [-0.05, 0) is 36.3 Å². The van der Waals surface area contributed by atoms with Crippen LogP contribution in [0.2, 0.25) is 0 Å². The van der Waals surface area contributed by atoms with Gasteiger partial charge in [0, 0.05) is 23.5 Å². The van der Waals surface area contributed by atoms with Crippen molar-refractivity contribution in [1.29, 1.82) is 0 Å². The number of tetrazole rings is 1. The van der Waals surface area contributed by atoms with E-state index in [1.54, 1.807) is 0 Å². The Balaban J connectivity index is 1.59. The summed E-state index contributed by atoms with van der Waals surface area (Å²) in [6.07, 6.45) is 10.0. The lowest BCUT2D eigenvalue weighted by Crippen LogP contribution is -3.09. The number of nitrogens with zero attached hydrogens (tertiary/aromatic N) is 5. The number of hydrogen-bond acceptors (Lipinski definition) is 4. The first-order valence-electron chi connectivity index (χ1n) is 10.4. The van der Waals surface area contributed by atoms with Crippen molar-refractivity contribution in [3.8, 4) is 0 Å². The highest BCUT2D eigenvalue weighted by Gasteiger charge is 2.29. The Labute approximate surface area is 166 Å². The number of quaternary nitrogens is 1. The zero-order chi connectivity index (χ0) is 19.2. The van der Waals surface area contributed by atoms with Crippen LogP contribution in [0.1, 0.15) is 68.1 Å². The normalized spacial score (nSPS) is 17.3. The van der Waals surface area contributed by atoms with E-state index in [0.29, 0.717) is 6.04 Å². The Hall–Kier alpha value is -2.60. The summed E-state index contributed by atoms with van der Waals surface area (Å²) in [6, 6.07) is 15.5. The Morgan fingerprint density at radius 2 is 1.75 bits per heavy atom. The third kappa shape index (κ3) is 4.44. The van der Waals surface area contributed by atoms with E-state index >= 15 is 0 Å². The van der Waals surface area contributed by atoms with Crippen LogP contribution in [0.5, 0.6) is 0 Å². The van der Waals surface area contributed by atoms with Gasteiger partial charge in [-0.15, -0.1) is 5.10 Å². The average molecular weight is 378 g/mol. The first-order chi connectivity index (χ1) is 13.8. The van der Waals surface area contributed by atoms with Crippen LogP contribution in [-0.4, -0.2) is 25.2 Å². The molecule has 6 heteroatoms. The molecular formula is C22H29N6+. The minimum absolute atomic E-state index is 0.192. The van der Waals surface area contributed by atoms with E-state index in [2.05, 4.69) is 68.5 Å². The van der Waals surface area contributed by atoms with Gasteiger partial charge in [0.1, 0.15) is 19.1 Å². The molecule has 1 N–H and O–H groups in total. The Morgan fingerprint density at radius 1 is 1.00 bits per heavy atom. The molecule has 0 amide bonds. The first-order valence-corrected chi connectivity index (χ1v) is 10.4. The minimum atomic E-state index is 0.192. The largest absolute Gasteiger partial charge is 0.319 e. The SMILES string of the molecule is C[C@@H](c1nnnn1C1CCCCC1)[NH+](Cc1ccccc1)Cc1cccnc1. The van der Waals surface area contributed by atoms with Gasteiger partial charge in [0.05, 0.1) is 6.04 Å². The van der Waals surface area contributed by atoms with Crippen molar-refractivity contribution in [1.82, 2.24) is 25.2 Å². The highest BCUT2D eigenvalue weighted by Crippen LogP contribution is 2.28. The van der Waals surface area contributed by atoms with Crippen LogP contribution in [0.3, 0.4) is 0 Å². The lowest BCUT2D eigenvalue weighted by atomic mass is 9.95. The topological polar surface area (TPSA) is 60.9 Å². The van der Waals surface area contributed by atoms with Crippen molar-refractivity contribution in [3.05, 3.63) is 71.8 Å². The summed E-state index contributed by atoms with van der Waals surface area (Å²) >= 11 is 0. The molecule has 2 heterocycles.